The first-order chi connectivity index (χ1) is 5.52. The highest BCUT2D eigenvalue weighted by Gasteiger charge is 2.09. The summed E-state index contributed by atoms with van der Waals surface area (Å²) >= 11 is 17.6. The summed E-state index contributed by atoms with van der Waals surface area (Å²) in [4.78, 5) is 0. The maximum Gasteiger partial charge on any atom is 0.0624 e. The smallest absolute Gasteiger partial charge is 0.0624 e. The third-order valence-electron chi connectivity index (χ3n) is 1.49. The molecule has 0 aliphatic heterocycles. The molecule has 0 saturated carbocycles. The second kappa shape index (κ2) is 4.01. The minimum Gasteiger partial charge on any atom is -0.0843 e. The van der Waals surface area contributed by atoms with Gasteiger partial charge in [-0.05, 0) is 23.2 Å². The van der Waals surface area contributed by atoms with Crippen LogP contribution in [0.5, 0.6) is 0 Å². The standard InChI is InChI=1S/C8H6Cl3Si/c1-4(12)6-2-5(9)3-7(10)8(6)11/h2-4H,1H3. The fourth-order valence-electron chi connectivity index (χ4n) is 0.891. The van der Waals surface area contributed by atoms with Crippen LogP contribution in [0.4, 0.5) is 0 Å². The van der Waals surface area contributed by atoms with Crippen LogP contribution in [0.25, 0.3) is 0 Å². The van der Waals surface area contributed by atoms with Gasteiger partial charge in [-0.3, -0.25) is 0 Å². The van der Waals surface area contributed by atoms with Crippen molar-refractivity contribution in [2.75, 3.05) is 0 Å². The number of rotatable bonds is 1. The Kier molecular flexibility index (Phi) is 3.47. The van der Waals surface area contributed by atoms with Crippen LogP contribution in [-0.4, -0.2) is 10.2 Å². The first kappa shape index (κ1) is 10.4. The van der Waals surface area contributed by atoms with Crippen LogP contribution in [-0.2, 0) is 0 Å². The Balaban J connectivity index is 3.28. The van der Waals surface area contributed by atoms with E-state index in [-0.39, 0.29) is 5.54 Å². The molecule has 0 nitrogen and oxygen atoms in total. The Morgan fingerprint density at radius 3 is 2.33 bits per heavy atom. The van der Waals surface area contributed by atoms with Crippen molar-refractivity contribution < 1.29 is 0 Å². The summed E-state index contributed by atoms with van der Waals surface area (Å²) in [7, 11) is 3.45. The number of halogens is 3. The third-order valence-corrected chi connectivity index (χ3v) is 2.83. The van der Waals surface area contributed by atoms with E-state index in [1.54, 1.807) is 12.1 Å². The number of hydrogen-bond donors (Lipinski definition) is 0. The lowest BCUT2D eigenvalue weighted by molar-refractivity contribution is 1.08. The molecule has 1 aromatic rings. The molecule has 0 heterocycles. The summed E-state index contributed by atoms with van der Waals surface area (Å²) in [5, 5.41) is 1.65. The lowest BCUT2D eigenvalue weighted by Crippen LogP contribution is -1.93. The van der Waals surface area contributed by atoms with Gasteiger partial charge in [-0.25, -0.2) is 0 Å². The Bertz CT molecular complexity index is 297. The largest absolute Gasteiger partial charge is 0.0843 e. The van der Waals surface area contributed by atoms with Gasteiger partial charge in [-0.1, -0.05) is 41.7 Å². The van der Waals surface area contributed by atoms with Gasteiger partial charge in [-0.15, -0.1) is 0 Å². The van der Waals surface area contributed by atoms with Crippen LogP contribution in [0.3, 0.4) is 0 Å². The first-order valence-corrected chi connectivity index (χ1v) is 5.09. The minimum absolute atomic E-state index is 0.147. The molecule has 3 radical (unpaired) electrons. The number of hydrogen-bond acceptors (Lipinski definition) is 0. The van der Waals surface area contributed by atoms with Gasteiger partial charge in [-0.2, -0.15) is 0 Å². The zero-order chi connectivity index (χ0) is 9.30. The molecule has 12 heavy (non-hydrogen) atoms. The van der Waals surface area contributed by atoms with Crippen molar-refractivity contribution >= 4 is 45.0 Å². The Hall–Kier alpha value is 0.307. The van der Waals surface area contributed by atoms with Crippen molar-refractivity contribution in [2.45, 2.75) is 12.5 Å². The van der Waals surface area contributed by atoms with Crippen molar-refractivity contribution in [3.8, 4) is 0 Å². The van der Waals surface area contributed by atoms with Crippen molar-refractivity contribution in [3.63, 3.8) is 0 Å². The second-order valence-corrected chi connectivity index (χ2v) is 4.60. The monoisotopic (exact) mass is 235 g/mol. The third kappa shape index (κ3) is 2.16. The maximum absolute atomic E-state index is 5.94. The lowest BCUT2D eigenvalue weighted by atomic mass is 10.1. The average Bonchev–Trinajstić information content (AvgIpc) is 1.96. The molecule has 0 bridgehead atoms. The van der Waals surface area contributed by atoms with Crippen molar-refractivity contribution in [1.29, 1.82) is 0 Å². The van der Waals surface area contributed by atoms with Crippen LogP contribution >= 0.6 is 34.8 Å². The van der Waals surface area contributed by atoms with E-state index in [0.717, 1.165) is 5.56 Å². The molecule has 0 aromatic heterocycles. The van der Waals surface area contributed by atoms with E-state index in [1.165, 1.54) is 0 Å². The van der Waals surface area contributed by atoms with E-state index in [1.807, 2.05) is 6.92 Å². The van der Waals surface area contributed by atoms with Crippen molar-refractivity contribution in [1.82, 2.24) is 0 Å². The summed E-state index contributed by atoms with van der Waals surface area (Å²) in [5.74, 6) is 0. The summed E-state index contributed by atoms with van der Waals surface area (Å²) < 4.78 is 0. The second-order valence-electron chi connectivity index (χ2n) is 2.51. The van der Waals surface area contributed by atoms with Gasteiger partial charge in [0.05, 0.1) is 10.0 Å². The SMILES string of the molecule is CC([Si])c1cc(Cl)cc(Cl)c1Cl. The minimum atomic E-state index is 0.147. The molecule has 0 spiro atoms. The van der Waals surface area contributed by atoms with Crippen LogP contribution in [0, 0.1) is 0 Å². The van der Waals surface area contributed by atoms with Crippen LogP contribution in [0.15, 0.2) is 12.1 Å². The predicted molar refractivity (Wildman–Crippen MR) is 55.6 cm³/mol. The van der Waals surface area contributed by atoms with E-state index in [0.29, 0.717) is 15.1 Å². The highest BCUT2D eigenvalue weighted by Crippen LogP contribution is 2.32. The fraction of sp³-hybridized carbons (Fsp3) is 0.250. The summed E-state index contributed by atoms with van der Waals surface area (Å²) in [6.45, 7) is 1.96. The topological polar surface area (TPSA) is 0 Å². The van der Waals surface area contributed by atoms with Gasteiger partial charge in [0.25, 0.3) is 0 Å². The summed E-state index contributed by atoms with van der Waals surface area (Å²) in [6.07, 6.45) is 0. The van der Waals surface area contributed by atoms with Gasteiger partial charge in [0.2, 0.25) is 0 Å². The highest BCUT2D eigenvalue weighted by molar-refractivity contribution is 6.44. The predicted octanol–water partition coefficient (Wildman–Crippen LogP) is 3.88. The molecule has 1 rings (SSSR count). The van der Waals surface area contributed by atoms with E-state index in [4.69, 9.17) is 34.8 Å². The Morgan fingerprint density at radius 2 is 1.83 bits per heavy atom. The van der Waals surface area contributed by atoms with E-state index < -0.39 is 0 Å². The molecule has 0 amide bonds. The molecular formula is C8H6Cl3Si. The molecule has 1 atom stereocenters. The maximum atomic E-state index is 5.94. The van der Waals surface area contributed by atoms with Crippen LogP contribution < -0.4 is 0 Å². The fourth-order valence-corrected chi connectivity index (χ4v) is 1.99. The van der Waals surface area contributed by atoms with Gasteiger partial charge in [0.1, 0.15) is 0 Å². The molecule has 0 aliphatic rings. The summed E-state index contributed by atoms with van der Waals surface area (Å²) in [5.41, 5.74) is 1.06. The van der Waals surface area contributed by atoms with E-state index in [2.05, 4.69) is 10.2 Å². The zero-order valence-corrected chi connectivity index (χ0v) is 9.63. The van der Waals surface area contributed by atoms with Crippen molar-refractivity contribution in [2.24, 2.45) is 0 Å². The molecule has 0 saturated heterocycles. The molecule has 1 aromatic carbocycles. The molecule has 63 valence electrons. The van der Waals surface area contributed by atoms with Gasteiger partial charge in [0, 0.05) is 15.3 Å². The Morgan fingerprint density at radius 1 is 1.25 bits per heavy atom. The van der Waals surface area contributed by atoms with Crippen molar-refractivity contribution in [3.05, 3.63) is 32.8 Å². The molecule has 0 fully saturated rings. The van der Waals surface area contributed by atoms with Gasteiger partial charge < -0.3 is 0 Å². The molecular weight excluding hydrogens is 231 g/mol. The van der Waals surface area contributed by atoms with Crippen LogP contribution in [0.2, 0.25) is 15.1 Å². The molecule has 1 unspecified atom stereocenters. The Labute approximate surface area is 90.2 Å². The zero-order valence-electron chi connectivity index (χ0n) is 6.37. The number of benzene rings is 1. The average molecular weight is 237 g/mol. The first-order valence-electron chi connectivity index (χ1n) is 3.38. The normalized spacial score (nSPS) is 13.1. The van der Waals surface area contributed by atoms with E-state index >= 15 is 0 Å². The quantitative estimate of drug-likeness (QED) is 0.513. The molecule has 0 N–H and O–H groups in total. The van der Waals surface area contributed by atoms with Gasteiger partial charge >= 0.3 is 0 Å². The van der Waals surface area contributed by atoms with Gasteiger partial charge in [0.15, 0.2) is 0 Å². The lowest BCUT2D eigenvalue weighted by Gasteiger charge is -2.09. The van der Waals surface area contributed by atoms with Crippen LogP contribution in [0.1, 0.15) is 18.0 Å². The van der Waals surface area contributed by atoms with E-state index in [9.17, 15) is 0 Å². The molecule has 4 heteroatoms. The summed E-state index contributed by atoms with van der Waals surface area (Å²) in [6, 6.07) is 3.43. The highest BCUT2D eigenvalue weighted by atomic mass is 35.5. The molecule has 0 aliphatic carbocycles.